The van der Waals surface area contributed by atoms with Crippen LogP contribution in [-0.2, 0) is 15.7 Å². The minimum Gasteiger partial charge on any atom is -0.480 e. The Kier molecular flexibility index (Phi) is 5.18. The Bertz CT molecular complexity index is 730. The molecule has 0 aromatic heterocycles. The van der Waals surface area contributed by atoms with Crippen molar-refractivity contribution >= 4 is 11.9 Å². The maximum Gasteiger partial charge on any atom is 0.417 e. The quantitative estimate of drug-likeness (QED) is 0.864. The molecule has 6 nitrogen and oxygen atoms in total. The second kappa shape index (κ2) is 7.12. The summed E-state index contributed by atoms with van der Waals surface area (Å²) in [5.74, 6) is -2.25. The van der Waals surface area contributed by atoms with Gasteiger partial charge in [-0.1, -0.05) is 19.1 Å². The van der Waals surface area contributed by atoms with Gasteiger partial charge in [-0.3, -0.25) is 9.69 Å². The third-order valence-corrected chi connectivity index (χ3v) is 5.31. The van der Waals surface area contributed by atoms with Crippen LogP contribution in [0.3, 0.4) is 0 Å². The zero-order chi connectivity index (χ0) is 19.8. The molecule has 9 heteroatoms. The van der Waals surface area contributed by atoms with Gasteiger partial charge in [0.15, 0.2) is 6.04 Å². The van der Waals surface area contributed by atoms with Gasteiger partial charge in [-0.2, -0.15) is 13.2 Å². The topological polar surface area (TPSA) is 70.1 Å². The fraction of sp³-hybridized carbons (Fsp3) is 0.556. The van der Waals surface area contributed by atoms with Gasteiger partial charge in [0.1, 0.15) is 5.72 Å². The first kappa shape index (κ1) is 19.6. The van der Waals surface area contributed by atoms with E-state index in [4.69, 9.17) is 4.74 Å². The zero-order valence-corrected chi connectivity index (χ0v) is 14.8. The van der Waals surface area contributed by atoms with Gasteiger partial charge in [0.05, 0.1) is 17.7 Å². The van der Waals surface area contributed by atoms with Crippen molar-refractivity contribution in [3.63, 3.8) is 0 Å². The van der Waals surface area contributed by atoms with Crippen LogP contribution in [0, 0.1) is 0 Å². The second-order valence-corrected chi connectivity index (χ2v) is 6.76. The first-order valence-corrected chi connectivity index (χ1v) is 8.78. The molecule has 2 heterocycles. The predicted octanol–water partition coefficient (Wildman–Crippen LogP) is 2.44. The van der Waals surface area contributed by atoms with Crippen LogP contribution in [0.1, 0.15) is 35.7 Å². The number of likely N-dealkylation sites (tertiary alicyclic amines) is 1. The van der Waals surface area contributed by atoms with Crippen LogP contribution in [0.15, 0.2) is 24.3 Å². The number of piperidine rings is 1. The Morgan fingerprint density at radius 2 is 1.89 bits per heavy atom. The highest BCUT2D eigenvalue weighted by Gasteiger charge is 2.54. The van der Waals surface area contributed by atoms with Crippen molar-refractivity contribution < 1.29 is 32.6 Å². The number of hydrogen-bond acceptors (Lipinski definition) is 4. The Balaban J connectivity index is 2.00. The molecule has 1 aromatic rings. The second-order valence-electron chi connectivity index (χ2n) is 6.76. The lowest BCUT2D eigenvalue weighted by Crippen LogP contribution is -2.58. The Morgan fingerprint density at radius 3 is 2.44 bits per heavy atom. The molecule has 1 N–H and O–H groups in total. The van der Waals surface area contributed by atoms with Crippen LogP contribution < -0.4 is 0 Å². The standard InChI is InChI=1S/C18H21F3N2O4/c1-2-22-9-7-17(8-10-22)23(14(11-27-17)16(25)26)15(24)12-5-3-4-6-13(12)18(19,20)21/h3-6,14H,2,7-11H2,1H3,(H,25,26)/t14-/m0/s1. The van der Waals surface area contributed by atoms with E-state index >= 15 is 0 Å². The molecule has 2 fully saturated rings. The van der Waals surface area contributed by atoms with E-state index in [2.05, 4.69) is 4.90 Å². The van der Waals surface area contributed by atoms with E-state index in [1.54, 1.807) is 0 Å². The lowest BCUT2D eigenvalue weighted by molar-refractivity contribution is -0.144. The average Bonchev–Trinajstić information content (AvgIpc) is 3.00. The molecular formula is C18H21F3N2O4. The highest BCUT2D eigenvalue weighted by molar-refractivity contribution is 5.98. The molecule has 2 aliphatic heterocycles. The van der Waals surface area contributed by atoms with Gasteiger partial charge in [0.25, 0.3) is 5.91 Å². The Morgan fingerprint density at radius 1 is 1.26 bits per heavy atom. The molecule has 2 aliphatic rings. The number of benzene rings is 1. The largest absolute Gasteiger partial charge is 0.480 e. The predicted molar refractivity (Wildman–Crippen MR) is 89.1 cm³/mol. The number of aliphatic carboxylic acids is 1. The highest BCUT2D eigenvalue weighted by Crippen LogP contribution is 2.40. The number of hydrogen-bond donors (Lipinski definition) is 1. The van der Waals surface area contributed by atoms with Crippen molar-refractivity contribution in [2.45, 2.75) is 37.7 Å². The van der Waals surface area contributed by atoms with E-state index < -0.39 is 40.9 Å². The van der Waals surface area contributed by atoms with Crippen LogP contribution in [0.2, 0.25) is 0 Å². The normalized spacial score (nSPS) is 23.0. The molecule has 0 aliphatic carbocycles. The third-order valence-electron chi connectivity index (χ3n) is 5.31. The lowest BCUT2D eigenvalue weighted by atomic mass is 9.95. The van der Waals surface area contributed by atoms with Gasteiger partial charge in [-0.25, -0.2) is 4.79 Å². The lowest BCUT2D eigenvalue weighted by Gasteiger charge is -2.44. The van der Waals surface area contributed by atoms with E-state index in [-0.39, 0.29) is 6.61 Å². The number of halogens is 3. The monoisotopic (exact) mass is 386 g/mol. The van der Waals surface area contributed by atoms with Crippen molar-refractivity contribution in [1.82, 2.24) is 9.80 Å². The maximum atomic E-state index is 13.4. The van der Waals surface area contributed by atoms with E-state index in [0.29, 0.717) is 25.9 Å². The average molecular weight is 386 g/mol. The highest BCUT2D eigenvalue weighted by atomic mass is 19.4. The number of carbonyl (C=O) groups excluding carboxylic acids is 1. The number of nitrogens with zero attached hydrogens (tertiary/aromatic N) is 2. The molecule has 27 heavy (non-hydrogen) atoms. The smallest absolute Gasteiger partial charge is 0.417 e. The minimum absolute atomic E-state index is 0.235. The number of alkyl halides is 3. The van der Waals surface area contributed by atoms with Crippen molar-refractivity contribution in [1.29, 1.82) is 0 Å². The van der Waals surface area contributed by atoms with Crippen molar-refractivity contribution in [2.24, 2.45) is 0 Å². The maximum absolute atomic E-state index is 13.4. The van der Waals surface area contributed by atoms with Crippen LogP contribution >= 0.6 is 0 Å². The van der Waals surface area contributed by atoms with Crippen LogP contribution in [0.25, 0.3) is 0 Å². The fourth-order valence-electron chi connectivity index (χ4n) is 3.82. The number of carboxylic acid groups (broad SMARTS) is 1. The first-order chi connectivity index (χ1) is 12.7. The molecule has 2 saturated heterocycles. The molecule has 1 spiro atoms. The number of carbonyl (C=O) groups is 2. The van der Waals surface area contributed by atoms with E-state index in [0.717, 1.165) is 23.6 Å². The summed E-state index contributed by atoms with van der Waals surface area (Å²) in [5, 5.41) is 9.51. The van der Waals surface area contributed by atoms with Gasteiger partial charge >= 0.3 is 12.1 Å². The molecule has 3 rings (SSSR count). The summed E-state index contributed by atoms with van der Waals surface area (Å²) < 4.78 is 45.8. The summed E-state index contributed by atoms with van der Waals surface area (Å²) >= 11 is 0. The van der Waals surface area contributed by atoms with Gasteiger partial charge < -0.3 is 14.7 Å². The molecule has 0 bridgehead atoms. The number of amides is 1. The molecule has 148 valence electrons. The first-order valence-electron chi connectivity index (χ1n) is 8.78. The summed E-state index contributed by atoms with van der Waals surface area (Å²) in [5.41, 5.74) is -2.82. The number of ether oxygens (including phenoxy) is 1. The van der Waals surface area contributed by atoms with Gasteiger partial charge in [-0.05, 0) is 18.7 Å². The molecule has 0 saturated carbocycles. The van der Waals surface area contributed by atoms with Gasteiger partial charge in [-0.15, -0.1) is 0 Å². The van der Waals surface area contributed by atoms with Crippen LogP contribution in [0.4, 0.5) is 13.2 Å². The third kappa shape index (κ3) is 3.53. The SMILES string of the molecule is CCN1CCC2(CC1)OC[C@@H](C(=O)O)N2C(=O)c1ccccc1C(F)(F)F. The molecule has 0 radical (unpaired) electrons. The Labute approximate surface area is 154 Å². The fourth-order valence-corrected chi connectivity index (χ4v) is 3.82. The van der Waals surface area contributed by atoms with Crippen LogP contribution in [-0.4, -0.2) is 64.8 Å². The number of carboxylic acids is 1. The molecule has 0 unspecified atom stereocenters. The summed E-state index contributed by atoms with van der Waals surface area (Å²) in [6, 6.07) is 3.13. The molecule has 1 amide bonds. The van der Waals surface area contributed by atoms with Gasteiger partial charge in [0, 0.05) is 25.9 Å². The summed E-state index contributed by atoms with van der Waals surface area (Å²) in [7, 11) is 0. The summed E-state index contributed by atoms with van der Waals surface area (Å²) in [4.78, 5) is 27.9. The molecule has 1 atom stereocenters. The van der Waals surface area contributed by atoms with E-state index in [1.807, 2.05) is 6.92 Å². The van der Waals surface area contributed by atoms with Crippen molar-refractivity contribution in [2.75, 3.05) is 26.2 Å². The zero-order valence-electron chi connectivity index (χ0n) is 14.8. The van der Waals surface area contributed by atoms with E-state index in [1.165, 1.54) is 12.1 Å². The number of rotatable bonds is 3. The summed E-state index contributed by atoms with van der Waals surface area (Å²) in [6.45, 7) is 3.70. The van der Waals surface area contributed by atoms with E-state index in [9.17, 15) is 27.9 Å². The molecular weight excluding hydrogens is 365 g/mol. The van der Waals surface area contributed by atoms with Crippen molar-refractivity contribution in [3.05, 3.63) is 35.4 Å². The summed E-state index contributed by atoms with van der Waals surface area (Å²) in [6.07, 6.45) is -4.01. The van der Waals surface area contributed by atoms with Crippen molar-refractivity contribution in [3.8, 4) is 0 Å². The van der Waals surface area contributed by atoms with Crippen LogP contribution in [0.5, 0.6) is 0 Å². The Hall–Kier alpha value is -2.13. The molecule has 1 aromatic carbocycles. The van der Waals surface area contributed by atoms with Gasteiger partial charge in [0.2, 0.25) is 0 Å². The minimum atomic E-state index is -4.72.